The fourth-order valence-corrected chi connectivity index (χ4v) is 3.06. The second kappa shape index (κ2) is 7.11. The van der Waals surface area contributed by atoms with Gasteiger partial charge in [0.25, 0.3) is 10.1 Å². The van der Waals surface area contributed by atoms with Crippen LogP contribution in [0.25, 0.3) is 0 Å². The average molecular weight is 330 g/mol. The summed E-state index contributed by atoms with van der Waals surface area (Å²) in [6, 6.07) is 16.7. The van der Waals surface area contributed by atoms with Crippen molar-refractivity contribution in [1.82, 2.24) is 0 Å². The molecule has 0 radical (unpaired) electrons. The minimum absolute atomic E-state index is 0.0762. The van der Waals surface area contributed by atoms with Gasteiger partial charge in [0.15, 0.2) is 0 Å². The Labute approximate surface area is 138 Å². The summed E-state index contributed by atoms with van der Waals surface area (Å²) in [7, 11) is -4.14. The number of benzene rings is 2. The molecular formula is C19H22O3S. The van der Waals surface area contributed by atoms with E-state index in [-0.39, 0.29) is 10.8 Å². The van der Waals surface area contributed by atoms with Gasteiger partial charge in [0.1, 0.15) is 0 Å². The Hall–Kier alpha value is -1.91. The second-order valence-corrected chi connectivity index (χ2v) is 7.30. The van der Waals surface area contributed by atoms with Crippen molar-refractivity contribution >= 4 is 10.1 Å². The van der Waals surface area contributed by atoms with Crippen LogP contribution in [0.3, 0.4) is 0 Å². The monoisotopic (exact) mass is 330 g/mol. The molecule has 2 atom stereocenters. The van der Waals surface area contributed by atoms with Gasteiger partial charge in [-0.2, -0.15) is 8.42 Å². The maximum absolute atomic E-state index is 11.1. The molecule has 3 nitrogen and oxygen atoms in total. The van der Waals surface area contributed by atoms with Crippen LogP contribution in [0.15, 0.2) is 71.1 Å². The summed E-state index contributed by atoms with van der Waals surface area (Å²) in [5, 5.41) is 0. The van der Waals surface area contributed by atoms with Gasteiger partial charge >= 0.3 is 0 Å². The van der Waals surface area contributed by atoms with Crippen molar-refractivity contribution in [2.75, 3.05) is 0 Å². The van der Waals surface area contributed by atoms with Crippen LogP contribution < -0.4 is 0 Å². The zero-order chi connectivity index (χ0) is 17.0. The molecule has 0 heterocycles. The highest BCUT2D eigenvalue weighted by molar-refractivity contribution is 7.85. The van der Waals surface area contributed by atoms with Crippen LogP contribution in [0.5, 0.6) is 0 Å². The van der Waals surface area contributed by atoms with Gasteiger partial charge < -0.3 is 0 Å². The number of rotatable bonds is 5. The molecule has 0 aliphatic carbocycles. The fourth-order valence-electron chi connectivity index (χ4n) is 2.58. The molecule has 2 unspecified atom stereocenters. The summed E-state index contributed by atoms with van der Waals surface area (Å²) < 4.78 is 31.2. The van der Waals surface area contributed by atoms with E-state index in [0.29, 0.717) is 5.92 Å². The average Bonchev–Trinajstić information content (AvgIpc) is 2.54. The first-order chi connectivity index (χ1) is 10.8. The van der Waals surface area contributed by atoms with E-state index in [1.807, 2.05) is 18.2 Å². The predicted octanol–water partition coefficient (Wildman–Crippen LogP) is 4.79. The van der Waals surface area contributed by atoms with Crippen LogP contribution in [-0.4, -0.2) is 13.0 Å². The van der Waals surface area contributed by atoms with Gasteiger partial charge in [0, 0.05) is 5.92 Å². The first-order valence-corrected chi connectivity index (χ1v) is 9.03. The molecular weight excluding hydrogens is 308 g/mol. The van der Waals surface area contributed by atoms with Crippen molar-refractivity contribution in [1.29, 1.82) is 0 Å². The van der Waals surface area contributed by atoms with Crippen molar-refractivity contribution < 1.29 is 13.0 Å². The molecule has 23 heavy (non-hydrogen) atoms. The highest BCUT2D eigenvalue weighted by Crippen LogP contribution is 2.28. The van der Waals surface area contributed by atoms with Gasteiger partial charge in [0.2, 0.25) is 0 Å². The summed E-state index contributed by atoms with van der Waals surface area (Å²) in [6.45, 7) is 6.33. The Morgan fingerprint density at radius 3 is 2.04 bits per heavy atom. The zero-order valence-corrected chi connectivity index (χ0v) is 14.4. The van der Waals surface area contributed by atoms with Crippen LogP contribution in [0, 0.1) is 0 Å². The quantitative estimate of drug-likeness (QED) is 0.633. The molecule has 0 amide bonds. The van der Waals surface area contributed by atoms with Crippen LogP contribution >= 0.6 is 0 Å². The van der Waals surface area contributed by atoms with Gasteiger partial charge in [-0.05, 0) is 36.1 Å². The maximum atomic E-state index is 11.1. The number of hydrogen-bond acceptors (Lipinski definition) is 2. The maximum Gasteiger partial charge on any atom is 0.294 e. The summed E-state index contributed by atoms with van der Waals surface area (Å²) in [5.74, 6) is 0.493. The molecule has 2 aromatic carbocycles. The van der Waals surface area contributed by atoms with Crippen molar-refractivity contribution in [3.8, 4) is 0 Å². The van der Waals surface area contributed by atoms with Crippen molar-refractivity contribution in [2.45, 2.75) is 37.5 Å². The molecule has 0 aliphatic rings. The zero-order valence-electron chi connectivity index (χ0n) is 13.6. The summed E-state index contributed by atoms with van der Waals surface area (Å²) in [5.41, 5.74) is 3.51. The molecule has 122 valence electrons. The fraction of sp³-hybridized carbons (Fsp3) is 0.263. The van der Waals surface area contributed by atoms with Crippen molar-refractivity contribution in [3.05, 3.63) is 77.4 Å². The molecule has 0 saturated heterocycles. The van der Waals surface area contributed by atoms with E-state index in [1.165, 1.54) is 23.3 Å². The van der Waals surface area contributed by atoms with Crippen LogP contribution in [0.2, 0.25) is 0 Å². The topological polar surface area (TPSA) is 54.4 Å². The number of allylic oxidation sites excluding steroid dienone is 2. The Balaban J connectivity index is 2.19. The third kappa shape index (κ3) is 4.53. The highest BCUT2D eigenvalue weighted by Gasteiger charge is 2.13. The predicted molar refractivity (Wildman–Crippen MR) is 93.3 cm³/mol. The molecule has 1 N–H and O–H groups in total. The van der Waals surface area contributed by atoms with Crippen molar-refractivity contribution in [2.24, 2.45) is 0 Å². The SMILES string of the molecule is CC(=CC(C)c1ccccc1)C(C)c1ccc(S(=O)(=O)O)cc1. The van der Waals surface area contributed by atoms with E-state index in [9.17, 15) is 8.42 Å². The Bertz CT molecular complexity index is 775. The Kier molecular flexibility index (Phi) is 5.39. The summed E-state index contributed by atoms with van der Waals surface area (Å²) in [6.07, 6.45) is 2.23. The summed E-state index contributed by atoms with van der Waals surface area (Å²) in [4.78, 5) is -0.0762. The lowest BCUT2D eigenvalue weighted by atomic mass is 9.90. The smallest absolute Gasteiger partial charge is 0.282 e. The van der Waals surface area contributed by atoms with E-state index < -0.39 is 10.1 Å². The molecule has 0 aromatic heterocycles. The minimum atomic E-state index is -4.14. The molecule has 0 spiro atoms. The molecule has 2 aromatic rings. The van der Waals surface area contributed by atoms with Gasteiger partial charge in [0.05, 0.1) is 4.90 Å². The lowest BCUT2D eigenvalue weighted by molar-refractivity contribution is 0.483. The third-order valence-electron chi connectivity index (χ3n) is 4.20. The number of hydrogen-bond donors (Lipinski definition) is 1. The standard InChI is InChI=1S/C19H22O3S/c1-14(13-15(2)17-7-5-4-6-8-17)16(3)18-9-11-19(12-10-18)23(20,21)22/h4-13,15-16H,1-3H3,(H,20,21,22). The minimum Gasteiger partial charge on any atom is -0.282 e. The summed E-state index contributed by atoms with van der Waals surface area (Å²) >= 11 is 0. The normalized spacial score (nSPS) is 15.2. The van der Waals surface area contributed by atoms with Gasteiger partial charge in [-0.25, -0.2) is 0 Å². The Morgan fingerprint density at radius 2 is 1.52 bits per heavy atom. The lowest BCUT2D eigenvalue weighted by Crippen LogP contribution is -2.01. The molecule has 2 rings (SSSR count). The molecule has 0 saturated carbocycles. The molecule has 0 aliphatic heterocycles. The van der Waals surface area contributed by atoms with E-state index in [0.717, 1.165) is 5.56 Å². The van der Waals surface area contributed by atoms with Crippen LogP contribution in [0.1, 0.15) is 43.7 Å². The Morgan fingerprint density at radius 1 is 0.957 bits per heavy atom. The van der Waals surface area contributed by atoms with Gasteiger partial charge in [-0.3, -0.25) is 4.55 Å². The van der Waals surface area contributed by atoms with Crippen LogP contribution in [-0.2, 0) is 10.1 Å². The van der Waals surface area contributed by atoms with Crippen molar-refractivity contribution in [3.63, 3.8) is 0 Å². The molecule has 4 heteroatoms. The van der Waals surface area contributed by atoms with E-state index in [1.54, 1.807) is 12.1 Å². The largest absolute Gasteiger partial charge is 0.294 e. The van der Waals surface area contributed by atoms with Gasteiger partial charge in [-0.15, -0.1) is 0 Å². The van der Waals surface area contributed by atoms with E-state index in [2.05, 4.69) is 39.0 Å². The lowest BCUT2D eigenvalue weighted by Gasteiger charge is -2.16. The van der Waals surface area contributed by atoms with E-state index >= 15 is 0 Å². The molecule has 0 fully saturated rings. The first-order valence-electron chi connectivity index (χ1n) is 7.59. The van der Waals surface area contributed by atoms with Crippen LogP contribution in [0.4, 0.5) is 0 Å². The first kappa shape index (κ1) is 17.4. The molecule has 0 bridgehead atoms. The van der Waals surface area contributed by atoms with E-state index in [4.69, 9.17) is 4.55 Å². The van der Waals surface area contributed by atoms with Gasteiger partial charge in [-0.1, -0.05) is 68.0 Å². The third-order valence-corrected chi connectivity index (χ3v) is 5.07. The second-order valence-electron chi connectivity index (χ2n) is 5.88. The highest BCUT2D eigenvalue weighted by atomic mass is 32.2.